The Labute approximate surface area is 859 Å². The van der Waals surface area contributed by atoms with E-state index in [2.05, 4.69) is 33.1 Å². The van der Waals surface area contributed by atoms with Gasteiger partial charge in [0.05, 0.1) is 96.5 Å². The van der Waals surface area contributed by atoms with Crippen LogP contribution in [0.1, 0.15) is 299 Å². The number of nitrogens with two attached hydrogens (primary N) is 1. The van der Waals surface area contributed by atoms with Crippen molar-refractivity contribution < 1.29 is 105 Å². The van der Waals surface area contributed by atoms with Crippen molar-refractivity contribution in [3.8, 4) is 34.6 Å². The number of fused-ring (bicyclic) bond motifs is 11. The van der Waals surface area contributed by atoms with Gasteiger partial charge in [-0.05, 0) is 220 Å². The molecule has 18 rings (SSSR count). The summed E-state index contributed by atoms with van der Waals surface area (Å²) in [5.41, 5.74) is 13.3. The molecule has 8 heterocycles. The second kappa shape index (κ2) is 45.4. The van der Waals surface area contributed by atoms with Crippen LogP contribution in [0.4, 0.5) is 25.0 Å². The summed E-state index contributed by atoms with van der Waals surface area (Å²) < 4.78 is 81.5. The maximum Gasteiger partial charge on any atom is 0.407 e. The van der Waals surface area contributed by atoms with Crippen LogP contribution in [0.3, 0.4) is 0 Å². The van der Waals surface area contributed by atoms with Gasteiger partial charge in [0, 0.05) is 146 Å². The molecule has 4 aromatic carbocycles. The van der Waals surface area contributed by atoms with E-state index >= 15 is 8.78 Å². The minimum atomic E-state index is -2.01. The molecule has 148 heavy (non-hydrogen) atoms. The molecule has 0 spiro atoms. The number of amides is 4. The van der Waals surface area contributed by atoms with Gasteiger partial charge in [0.15, 0.2) is 45.9 Å². The normalized spacial score (nSPS) is 21.6. The zero-order valence-corrected chi connectivity index (χ0v) is 86.3. The van der Waals surface area contributed by atoms with Crippen molar-refractivity contribution in [3.63, 3.8) is 0 Å². The first-order chi connectivity index (χ1) is 70.9. The Bertz CT molecular complexity index is 6690. The lowest BCUT2D eigenvalue weighted by atomic mass is 9.76. The number of rotatable bonds is 40. The van der Waals surface area contributed by atoms with Gasteiger partial charge >= 0.3 is 18.0 Å². The smallest absolute Gasteiger partial charge is 0.407 e. The van der Waals surface area contributed by atoms with Crippen molar-refractivity contribution in [2.45, 2.75) is 322 Å². The van der Waals surface area contributed by atoms with Crippen LogP contribution in [0.5, 0.6) is 0 Å². The third kappa shape index (κ3) is 22.6. The SMILES string of the molecule is CC[C@@]1(O)C(=O)OCc2c1cc1n(c2=O)Cc2c-1nc1cc(F)c(C)c3c1c2[C@@H](CC(=O)COC1(OCc2ccc(NC(=O)[C@H](C)CC(=O)[C@@H](N)C(C)C)cc2)CCCCC1)CC3.CC[C@@]1(O)C(=O)OCc2c1cc1n(c2=O)Cc2c-1nc1cc(F)c(C)c3c1c2[C@@H](CC(=O)COC1(OCc2ccc(NC(=O)[C@H](C)CC(=O)[C@@H](NC(=O)OCCOCCNC(=O)CCC4[C@H]5CCC#CCC[C@@H]45)C(C)C)cc2)CCCCC1)CC3. The Kier molecular flexibility index (Phi) is 32.9. The molecule has 4 aliphatic heterocycles. The number of hydrogen-bond acceptors (Lipinski definition) is 25. The van der Waals surface area contributed by atoms with E-state index in [4.69, 9.17) is 53.6 Å². The summed E-state index contributed by atoms with van der Waals surface area (Å²) >= 11 is 0. The maximum absolute atomic E-state index is 15.6. The Hall–Kier alpha value is -12.0. The summed E-state index contributed by atoms with van der Waals surface area (Å²) in [6, 6.07) is 19.1. The van der Waals surface area contributed by atoms with Crippen LogP contribution in [0.15, 0.2) is 82.4 Å². The highest BCUT2D eigenvalue weighted by atomic mass is 19.1. The number of pyridine rings is 4. The number of carbonyl (C=O) groups is 10. The number of alkyl carbamates (subject to hydrolysis) is 1. The number of benzene rings is 4. The van der Waals surface area contributed by atoms with Gasteiger partial charge in [-0.15, -0.1) is 11.8 Å². The van der Waals surface area contributed by atoms with Gasteiger partial charge in [-0.25, -0.2) is 33.1 Å². The second-order valence-electron chi connectivity index (χ2n) is 42.9. The fourth-order valence-electron chi connectivity index (χ4n) is 23.6. The number of aromatic nitrogens is 4. The average Bonchev–Trinajstić information content (AvgIpc) is 1.57. The van der Waals surface area contributed by atoms with Crippen molar-refractivity contribution in [1.82, 2.24) is 29.7 Å². The van der Waals surface area contributed by atoms with Gasteiger partial charge in [-0.1, -0.05) is 92.5 Å². The highest BCUT2D eigenvalue weighted by Crippen LogP contribution is 2.56. The summed E-state index contributed by atoms with van der Waals surface area (Å²) in [5, 5.41) is 35.8. The van der Waals surface area contributed by atoms with E-state index in [0.717, 1.165) is 126 Å². The predicted molar refractivity (Wildman–Crippen MR) is 546 cm³/mol. The molecule has 31 nitrogen and oxygen atoms in total. The molecule has 8 aromatic rings. The maximum atomic E-state index is 15.6. The minimum Gasteiger partial charge on any atom is -0.458 e. The highest BCUT2D eigenvalue weighted by Gasteiger charge is 2.51. The number of anilines is 2. The van der Waals surface area contributed by atoms with Crippen molar-refractivity contribution in [3.05, 3.63) is 183 Å². The number of carbonyl (C=O) groups excluding carboxylic acids is 10. The second-order valence-corrected chi connectivity index (χ2v) is 42.9. The molecule has 10 aliphatic rings. The zero-order valence-electron chi connectivity index (χ0n) is 86.3. The Morgan fingerprint density at radius 3 is 1.43 bits per heavy atom. The van der Waals surface area contributed by atoms with E-state index in [9.17, 15) is 67.7 Å². The quantitative estimate of drug-likeness (QED) is 0.00616. The lowest BCUT2D eigenvalue weighted by molar-refractivity contribution is -0.256. The van der Waals surface area contributed by atoms with Crippen molar-refractivity contribution in [2.75, 3.05) is 50.2 Å². The molecule has 0 bridgehead atoms. The fraction of sp³-hybridized carbons (Fsp3) is 0.548. The van der Waals surface area contributed by atoms with Crippen LogP contribution in [-0.2, 0) is 145 Å². The number of ketones is 4. The molecule has 4 amide bonds. The Morgan fingerprint density at radius 2 is 1.00 bits per heavy atom. The number of hydrogen-bond donors (Lipinski definition) is 7. The first kappa shape index (κ1) is 107. The zero-order chi connectivity index (χ0) is 105. The van der Waals surface area contributed by atoms with Gasteiger partial charge < -0.3 is 84.2 Å². The van der Waals surface area contributed by atoms with Crippen molar-refractivity contribution in [1.29, 1.82) is 0 Å². The molecular weight excluding hydrogens is 1900 g/mol. The Morgan fingerprint density at radius 1 is 0.554 bits per heavy atom. The third-order valence-electron chi connectivity index (χ3n) is 32.5. The summed E-state index contributed by atoms with van der Waals surface area (Å²) in [6.45, 7) is 18.1. The van der Waals surface area contributed by atoms with Gasteiger partial charge in [0.2, 0.25) is 17.7 Å². The lowest BCUT2D eigenvalue weighted by Crippen LogP contribution is -2.45. The average molecular weight is 2040 g/mol. The van der Waals surface area contributed by atoms with Crippen LogP contribution < -0.4 is 38.1 Å². The van der Waals surface area contributed by atoms with E-state index in [1.165, 1.54) is 12.1 Å². The number of cyclic esters (lactones) is 2. The van der Waals surface area contributed by atoms with Crippen LogP contribution in [-0.4, -0.2) is 151 Å². The topological polar surface area (TPSA) is 429 Å². The van der Waals surface area contributed by atoms with Crippen molar-refractivity contribution in [2.24, 2.45) is 47.2 Å². The van der Waals surface area contributed by atoms with E-state index in [1.54, 1.807) is 101 Å². The number of ether oxygens (including phenoxy) is 8. The van der Waals surface area contributed by atoms with Crippen LogP contribution in [0.25, 0.3) is 44.6 Å². The highest BCUT2D eigenvalue weighted by molar-refractivity contribution is 6.00. The molecule has 8 N–H and O–H groups in total. The van der Waals surface area contributed by atoms with E-state index in [0.29, 0.717) is 138 Å². The summed E-state index contributed by atoms with van der Waals surface area (Å²) in [7, 11) is 0. The molecule has 3 fully saturated rings. The van der Waals surface area contributed by atoms with Crippen LogP contribution >= 0.6 is 0 Å². The number of aliphatic hydroxyl groups is 2. The van der Waals surface area contributed by atoms with Gasteiger partial charge in [0.25, 0.3) is 11.1 Å². The van der Waals surface area contributed by atoms with Gasteiger partial charge in [0.1, 0.15) is 44.7 Å². The van der Waals surface area contributed by atoms with E-state index in [-0.39, 0.29) is 204 Å². The fourth-order valence-corrected chi connectivity index (χ4v) is 23.6. The van der Waals surface area contributed by atoms with E-state index in [1.807, 2.05) is 38.1 Å². The molecule has 0 radical (unpaired) electrons. The number of nitrogens with one attached hydrogen (secondary N) is 4. The largest absolute Gasteiger partial charge is 0.458 e. The molecule has 1 unspecified atom stereocenters. The van der Waals surface area contributed by atoms with Gasteiger partial charge in [-0.2, -0.15) is 0 Å². The summed E-state index contributed by atoms with van der Waals surface area (Å²) in [4.78, 5) is 169. The first-order valence-corrected chi connectivity index (χ1v) is 53.0. The molecule has 3 saturated carbocycles. The number of halogens is 2. The summed E-state index contributed by atoms with van der Waals surface area (Å²) in [6.07, 6.45) is 15.2. The molecule has 0 saturated heterocycles. The first-order valence-electron chi connectivity index (χ1n) is 53.0. The lowest BCUT2D eigenvalue weighted by Gasteiger charge is -2.37. The van der Waals surface area contributed by atoms with Crippen LogP contribution in [0, 0.1) is 78.7 Å². The van der Waals surface area contributed by atoms with Gasteiger partial charge in [-0.3, -0.25) is 43.2 Å². The van der Waals surface area contributed by atoms with Crippen LogP contribution in [0.2, 0.25) is 0 Å². The van der Waals surface area contributed by atoms with Crippen molar-refractivity contribution >= 4 is 92.1 Å². The Balaban J connectivity index is 0.000000211. The standard InChI is InChI=1S/C66H80FN5O13.C49H57FN4O9/c1-6-66(80)51-32-54-60-49(34-72(54)62(77)50(51)37-83-63(66)78)57-42(18-21-45-40(5)52(67)33-53(70-60)58(45)57)31-44(73)36-85-65(24-12-9-13-25-65)84-35-41-16-19-43(20-17-41)69-61(76)39(4)30-55(74)59(38(2)3)71-64(79)82-29-28-81-27-26-68-56(75)23-22-48-46-14-10-7-8-11-15-47(46)48;1-6-49(60)36-20-39-44-34(22-54(39)46(58)35(36)25-61-47(49)59)41-30(12-15-33-28(5)37(50)21-38(53-44)42(33)41)19-32(55)24-63-48(16-8-7-9-17-48)62-23-29-10-13-31(14-11-29)52-45(57)27(4)18-40(56)43(51)26(2)3/h16-17,19-20,32-33,38-39,42,46-48,59,80H,6,9-15,18,21-31,34-37H2,1-5H3,(H,68,75)(H,69,76)(H,71,79);10-11,13-14,20-21,26-27,30,43,60H,6-9,12,15-19,22-25,51H2,1-5H3,(H,52,57)/t39-,42-,46-,47+,48?,59+,66+;27-,30-,43+,49+/m11/s1. The molecule has 33 heteroatoms. The van der Waals surface area contributed by atoms with E-state index < -0.39 is 81.7 Å². The summed E-state index contributed by atoms with van der Waals surface area (Å²) in [5.74, 6) is 0.723. The number of Topliss-reactive ketones (excluding diaryl/α,β-unsaturated/α-hetero) is 4. The number of nitrogens with zero attached hydrogens (tertiary/aromatic N) is 4. The molecule has 788 valence electrons. The molecular formula is C115H137F2N9O22. The molecule has 4 aromatic heterocycles. The molecule has 6 aliphatic carbocycles. The third-order valence-corrected chi connectivity index (χ3v) is 32.5. The number of aryl methyl sites for hydroxylation is 2. The number of esters is 2. The minimum absolute atomic E-state index is 0.00427. The molecule has 11 atom stereocenters. The monoisotopic (exact) mass is 2030 g/mol. The predicted octanol–water partition coefficient (Wildman–Crippen LogP) is 16.0.